The van der Waals surface area contributed by atoms with Gasteiger partial charge in [-0.05, 0) is 49.1 Å². The molecular formula is C21H21BrO3. The summed E-state index contributed by atoms with van der Waals surface area (Å²) in [5.74, 6) is 0.488. The highest BCUT2D eigenvalue weighted by Crippen LogP contribution is 2.32. The number of para-hydroxylation sites is 1. The van der Waals surface area contributed by atoms with Gasteiger partial charge in [0.25, 0.3) is 0 Å². The Hall–Kier alpha value is -2.07. The number of hydrogen-bond acceptors (Lipinski definition) is 3. The molecule has 0 radical (unpaired) electrons. The largest absolute Gasteiger partial charge is 0.489 e. The predicted molar refractivity (Wildman–Crippen MR) is 103 cm³/mol. The van der Waals surface area contributed by atoms with E-state index in [0.29, 0.717) is 13.2 Å². The summed E-state index contributed by atoms with van der Waals surface area (Å²) in [6.45, 7) is 4.81. The minimum Gasteiger partial charge on any atom is -0.489 e. The first-order chi connectivity index (χ1) is 12.1. The van der Waals surface area contributed by atoms with E-state index in [-0.39, 0.29) is 12.4 Å². The van der Waals surface area contributed by atoms with Gasteiger partial charge in [-0.2, -0.15) is 0 Å². The maximum Gasteiger partial charge on any atom is 0.310 e. The fraction of sp³-hybridized carbons (Fsp3) is 0.286. The molecule has 130 valence electrons. The van der Waals surface area contributed by atoms with Crippen molar-refractivity contribution >= 4 is 28.0 Å². The Kier molecular flexibility index (Phi) is 5.59. The number of halogens is 1. The molecule has 0 saturated heterocycles. The average molecular weight is 401 g/mol. The van der Waals surface area contributed by atoms with E-state index in [2.05, 4.69) is 41.1 Å². The number of carbonyl (C=O) groups excluding carboxylic acids is 1. The van der Waals surface area contributed by atoms with Crippen LogP contribution in [0.5, 0.6) is 5.75 Å². The van der Waals surface area contributed by atoms with E-state index < -0.39 is 0 Å². The number of rotatable bonds is 6. The highest BCUT2D eigenvalue weighted by Gasteiger charge is 2.15. The molecule has 1 aliphatic rings. The molecule has 0 N–H and O–H groups in total. The van der Waals surface area contributed by atoms with Gasteiger partial charge in [-0.1, -0.05) is 51.8 Å². The van der Waals surface area contributed by atoms with Crippen molar-refractivity contribution in [2.45, 2.75) is 33.3 Å². The Balaban J connectivity index is 1.72. The lowest BCUT2D eigenvalue weighted by Gasteiger charge is -2.13. The second-order valence-electron chi connectivity index (χ2n) is 6.20. The fourth-order valence-electron chi connectivity index (χ4n) is 3.05. The van der Waals surface area contributed by atoms with Gasteiger partial charge in [-0.15, -0.1) is 0 Å². The second-order valence-corrected chi connectivity index (χ2v) is 7.05. The highest BCUT2D eigenvalue weighted by molar-refractivity contribution is 9.10. The average Bonchev–Trinajstić information content (AvgIpc) is 2.95. The third-order valence-electron chi connectivity index (χ3n) is 4.14. The lowest BCUT2D eigenvalue weighted by Crippen LogP contribution is -2.09. The van der Waals surface area contributed by atoms with Gasteiger partial charge in [0.2, 0.25) is 0 Å². The molecule has 0 heterocycles. The van der Waals surface area contributed by atoms with Crippen LogP contribution in [-0.4, -0.2) is 12.6 Å². The summed E-state index contributed by atoms with van der Waals surface area (Å²) in [5, 5.41) is 0. The summed E-state index contributed by atoms with van der Waals surface area (Å²) in [5.41, 5.74) is 5.92. The molecule has 0 spiro atoms. The van der Waals surface area contributed by atoms with Crippen molar-refractivity contribution in [3.05, 3.63) is 68.7 Å². The first-order valence-corrected chi connectivity index (χ1v) is 9.21. The van der Waals surface area contributed by atoms with E-state index in [0.717, 1.165) is 27.8 Å². The molecule has 0 atom stereocenters. The molecule has 3 nitrogen and oxygen atoms in total. The van der Waals surface area contributed by atoms with Crippen LogP contribution < -0.4 is 4.74 Å². The van der Waals surface area contributed by atoms with E-state index in [1.165, 1.54) is 16.7 Å². The quantitative estimate of drug-likeness (QED) is 0.633. The Labute approximate surface area is 156 Å². The first kappa shape index (κ1) is 17.7. The molecule has 2 aromatic rings. The lowest BCUT2D eigenvalue weighted by molar-refractivity contribution is -0.142. The molecule has 0 aromatic heterocycles. The number of hydrogen-bond donors (Lipinski definition) is 0. The predicted octanol–water partition coefficient (Wildman–Crippen LogP) is 5.09. The van der Waals surface area contributed by atoms with Crippen molar-refractivity contribution in [1.29, 1.82) is 0 Å². The van der Waals surface area contributed by atoms with E-state index in [1.54, 1.807) is 0 Å². The molecule has 1 aliphatic carbocycles. The van der Waals surface area contributed by atoms with Crippen LogP contribution in [0, 0.1) is 0 Å². The number of allylic oxidation sites excluding steroid dienone is 1. The van der Waals surface area contributed by atoms with E-state index in [1.807, 2.05) is 31.2 Å². The third-order valence-corrected chi connectivity index (χ3v) is 4.80. The summed E-state index contributed by atoms with van der Waals surface area (Å²) in [4.78, 5) is 11.8. The van der Waals surface area contributed by atoms with Gasteiger partial charge >= 0.3 is 5.97 Å². The Morgan fingerprint density at radius 2 is 2.04 bits per heavy atom. The van der Waals surface area contributed by atoms with Crippen LogP contribution in [-0.2, 0) is 29.0 Å². The summed E-state index contributed by atoms with van der Waals surface area (Å²) in [6, 6.07) is 11.9. The molecule has 2 aromatic carbocycles. The van der Waals surface area contributed by atoms with Crippen molar-refractivity contribution in [1.82, 2.24) is 0 Å². The van der Waals surface area contributed by atoms with Crippen LogP contribution in [0.1, 0.15) is 36.1 Å². The standard InChI is InChI=1S/C21H21BrO3/c1-3-24-21(23)12-16-6-4-5-7-20(16)25-13-15-10-17-8-14(2)9-18(17)19(22)11-15/h4-7,9-11H,3,8,12-13H2,1-2H3. The maximum atomic E-state index is 11.8. The van der Waals surface area contributed by atoms with Crippen LogP contribution in [0.15, 0.2) is 46.4 Å². The molecule has 0 bridgehead atoms. The number of fused-ring (bicyclic) bond motifs is 1. The molecule has 0 unspecified atom stereocenters. The van der Waals surface area contributed by atoms with E-state index in [4.69, 9.17) is 9.47 Å². The van der Waals surface area contributed by atoms with Crippen molar-refractivity contribution in [3.8, 4) is 5.75 Å². The van der Waals surface area contributed by atoms with Crippen molar-refractivity contribution in [2.75, 3.05) is 6.61 Å². The summed E-state index contributed by atoms with van der Waals surface area (Å²) < 4.78 is 12.1. The number of ether oxygens (including phenoxy) is 2. The van der Waals surface area contributed by atoms with Crippen molar-refractivity contribution in [3.63, 3.8) is 0 Å². The van der Waals surface area contributed by atoms with Crippen molar-refractivity contribution in [2.24, 2.45) is 0 Å². The van der Waals surface area contributed by atoms with E-state index >= 15 is 0 Å². The number of esters is 1. The van der Waals surface area contributed by atoms with Gasteiger partial charge in [0.15, 0.2) is 0 Å². The van der Waals surface area contributed by atoms with Gasteiger partial charge in [-0.3, -0.25) is 4.79 Å². The Morgan fingerprint density at radius 3 is 2.84 bits per heavy atom. The monoisotopic (exact) mass is 400 g/mol. The molecule has 0 amide bonds. The molecule has 0 saturated carbocycles. The zero-order chi connectivity index (χ0) is 17.8. The van der Waals surface area contributed by atoms with Crippen molar-refractivity contribution < 1.29 is 14.3 Å². The third kappa shape index (κ3) is 4.31. The summed E-state index contributed by atoms with van der Waals surface area (Å²) in [6.07, 6.45) is 3.43. The zero-order valence-corrected chi connectivity index (χ0v) is 16.1. The molecule has 0 aliphatic heterocycles. The van der Waals surface area contributed by atoms with E-state index in [9.17, 15) is 4.79 Å². The molecule has 4 heteroatoms. The minimum atomic E-state index is -0.236. The lowest BCUT2D eigenvalue weighted by atomic mass is 10.1. The first-order valence-electron chi connectivity index (χ1n) is 8.41. The number of carbonyl (C=O) groups is 1. The normalized spacial score (nSPS) is 12.5. The highest BCUT2D eigenvalue weighted by atomic mass is 79.9. The maximum absolute atomic E-state index is 11.8. The van der Waals surface area contributed by atoms with Crippen LogP contribution in [0.4, 0.5) is 0 Å². The molecule has 25 heavy (non-hydrogen) atoms. The Bertz CT molecular complexity index is 824. The van der Waals surface area contributed by atoms with Crippen LogP contribution >= 0.6 is 15.9 Å². The van der Waals surface area contributed by atoms with Crippen LogP contribution in [0.2, 0.25) is 0 Å². The fourth-order valence-corrected chi connectivity index (χ4v) is 3.71. The van der Waals surface area contributed by atoms with Gasteiger partial charge in [-0.25, -0.2) is 0 Å². The topological polar surface area (TPSA) is 35.5 Å². The van der Waals surface area contributed by atoms with Gasteiger partial charge < -0.3 is 9.47 Å². The molecular weight excluding hydrogens is 380 g/mol. The van der Waals surface area contributed by atoms with Gasteiger partial charge in [0.05, 0.1) is 13.0 Å². The van der Waals surface area contributed by atoms with Gasteiger partial charge in [0.1, 0.15) is 12.4 Å². The Morgan fingerprint density at radius 1 is 1.24 bits per heavy atom. The zero-order valence-electron chi connectivity index (χ0n) is 14.5. The SMILES string of the molecule is CCOC(=O)Cc1ccccc1OCc1cc(Br)c2c(c1)CC(C)=C2. The minimum absolute atomic E-state index is 0.223. The summed E-state index contributed by atoms with van der Waals surface area (Å²) >= 11 is 3.65. The van der Waals surface area contributed by atoms with Crippen LogP contribution in [0.25, 0.3) is 6.08 Å². The molecule has 0 fully saturated rings. The molecule has 3 rings (SSSR count). The summed E-state index contributed by atoms with van der Waals surface area (Å²) in [7, 11) is 0. The second kappa shape index (κ2) is 7.87. The number of benzene rings is 2. The smallest absolute Gasteiger partial charge is 0.310 e. The van der Waals surface area contributed by atoms with Gasteiger partial charge in [0, 0.05) is 10.0 Å². The van der Waals surface area contributed by atoms with Crippen LogP contribution in [0.3, 0.4) is 0 Å².